The number of hydrogen-bond donors (Lipinski definition) is 0. The van der Waals surface area contributed by atoms with Crippen LogP contribution in [0.25, 0.3) is 0 Å². The summed E-state index contributed by atoms with van der Waals surface area (Å²) >= 11 is 0. The van der Waals surface area contributed by atoms with Crippen LogP contribution in [0.2, 0.25) is 0 Å². The molecular weight excluding hydrogens is 406 g/mol. The van der Waals surface area contributed by atoms with Crippen LogP contribution >= 0.6 is 8.58 Å². The lowest BCUT2D eigenvalue weighted by molar-refractivity contribution is 0.0493. The number of ether oxygens (including phenoxy) is 2. The maximum atomic E-state index is 14.8. The molecule has 0 radical (unpaired) electrons. The molecule has 0 N–H and O–H groups in total. The van der Waals surface area contributed by atoms with Gasteiger partial charge in [0.15, 0.2) is 6.79 Å². The highest BCUT2D eigenvalue weighted by Crippen LogP contribution is 2.51. The molecule has 0 heterocycles. The van der Waals surface area contributed by atoms with Crippen LogP contribution in [0, 0.1) is 12.7 Å². The van der Waals surface area contributed by atoms with Crippen LogP contribution in [0.4, 0.5) is 4.39 Å². The van der Waals surface area contributed by atoms with Gasteiger partial charge in [0, 0.05) is 29.6 Å². The van der Waals surface area contributed by atoms with Crippen LogP contribution in [-0.2, 0) is 16.3 Å². The van der Waals surface area contributed by atoms with E-state index in [2.05, 4.69) is 56.3 Å². The smallest absolute Gasteiger partial charge is 0.188 e. The first-order chi connectivity index (χ1) is 15.0. The van der Waals surface area contributed by atoms with Crippen LogP contribution in [0.3, 0.4) is 0 Å². The third kappa shape index (κ3) is 5.34. The van der Waals surface area contributed by atoms with Crippen molar-refractivity contribution in [3.63, 3.8) is 0 Å². The lowest BCUT2D eigenvalue weighted by Crippen LogP contribution is -2.25. The summed E-state index contributed by atoms with van der Waals surface area (Å²) in [4.78, 5) is 0. The second-order valence-electron chi connectivity index (χ2n) is 7.85. The molecule has 0 fully saturated rings. The summed E-state index contributed by atoms with van der Waals surface area (Å²) in [5.74, 6) is 0.753. The molecule has 31 heavy (non-hydrogen) atoms. The Bertz CT molecular complexity index is 964. The highest BCUT2D eigenvalue weighted by atomic mass is 31.1. The van der Waals surface area contributed by atoms with E-state index in [1.165, 1.54) is 5.56 Å². The summed E-state index contributed by atoms with van der Waals surface area (Å²) in [5.41, 5.74) is 4.50. The highest BCUT2D eigenvalue weighted by Gasteiger charge is 2.34. The minimum absolute atomic E-state index is 0.121. The quantitative estimate of drug-likeness (QED) is 0.258. The largest absolute Gasteiger partial charge is 0.467 e. The standard InChI is InChI=1S/C27H32FO2P/c1-5-27(6-2,31-26-20(3)12-10-17-24(26)28)23-16-11-15-22(25(23)30-19-29-4)18-21-13-8-7-9-14-21/h7-17,31H,5-6,18-19H2,1-4H3. The van der Waals surface area contributed by atoms with Gasteiger partial charge in [0.05, 0.1) is 0 Å². The Hall–Kier alpha value is -2.22. The van der Waals surface area contributed by atoms with E-state index in [4.69, 9.17) is 9.47 Å². The minimum Gasteiger partial charge on any atom is -0.467 e. The molecule has 0 amide bonds. The first-order valence-electron chi connectivity index (χ1n) is 10.9. The van der Waals surface area contributed by atoms with Crippen molar-refractivity contribution < 1.29 is 13.9 Å². The number of benzene rings is 3. The van der Waals surface area contributed by atoms with Gasteiger partial charge in [-0.25, -0.2) is 4.39 Å². The van der Waals surface area contributed by atoms with Gasteiger partial charge in [-0.2, -0.15) is 0 Å². The van der Waals surface area contributed by atoms with Crippen LogP contribution in [-0.4, -0.2) is 13.9 Å². The fraction of sp³-hybridized carbons (Fsp3) is 0.333. The Morgan fingerprint density at radius 2 is 1.61 bits per heavy atom. The molecule has 0 bridgehead atoms. The van der Waals surface area contributed by atoms with Crippen LogP contribution in [0.15, 0.2) is 66.7 Å². The van der Waals surface area contributed by atoms with E-state index in [9.17, 15) is 4.39 Å². The summed E-state index contributed by atoms with van der Waals surface area (Å²) in [6.45, 7) is 6.56. The molecule has 0 aromatic heterocycles. The molecule has 1 atom stereocenters. The predicted molar refractivity (Wildman–Crippen MR) is 130 cm³/mol. The van der Waals surface area contributed by atoms with E-state index in [1.807, 2.05) is 19.1 Å². The Morgan fingerprint density at radius 3 is 2.26 bits per heavy atom. The third-order valence-electron chi connectivity index (χ3n) is 5.96. The Kier molecular flexibility index (Phi) is 8.23. The van der Waals surface area contributed by atoms with Gasteiger partial charge >= 0.3 is 0 Å². The zero-order chi connectivity index (χ0) is 22.3. The van der Waals surface area contributed by atoms with Crippen LogP contribution in [0.1, 0.15) is 48.9 Å². The summed E-state index contributed by atoms with van der Waals surface area (Å²) < 4.78 is 26.2. The van der Waals surface area contributed by atoms with Crippen molar-refractivity contribution in [2.75, 3.05) is 13.9 Å². The molecule has 0 spiro atoms. The lowest BCUT2D eigenvalue weighted by Gasteiger charge is -2.35. The van der Waals surface area contributed by atoms with Gasteiger partial charge in [0.1, 0.15) is 11.6 Å². The first kappa shape index (κ1) is 23.4. The molecule has 4 heteroatoms. The van der Waals surface area contributed by atoms with E-state index in [1.54, 1.807) is 19.2 Å². The topological polar surface area (TPSA) is 18.5 Å². The molecular formula is C27H32FO2P. The van der Waals surface area contributed by atoms with E-state index < -0.39 is 0 Å². The molecule has 3 rings (SSSR count). The van der Waals surface area contributed by atoms with Gasteiger partial charge in [-0.3, -0.25) is 0 Å². The zero-order valence-electron chi connectivity index (χ0n) is 18.9. The molecule has 0 aliphatic rings. The molecule has 3 aromatic rings. The van der Waals surface area contributed by atoms with Gasteiger partial charge in [-0.1, -0.05) is 83.1 Å². The van der Waals surface area contributed by atoms with E-state index in [0.29, 0.717) is 8.58 Å². The summed E-state index contributed by atoms with van der Waals surface area (Å²) in [7, 11) is 1.95. The molecule has 0 saturated carbocycles. The monoisotopic (exact) mass is 438 g/mol. The van der Waals surface area contributed by atoms with Crippen LogP contribution < -0.4 is 10.0 Å². The summed E-state index contributed by atoms with van der Waals surface area (Å²) in [6.07, 6.45) is 2.57. The second-order valence-corrected chi connectivity index (χ2v) is 9.56. The average Bonchev–Trinajstić information content (AvgIpc) is 2.79. The molecule has 164 valence electrons. The van der Waals surface area contributed by atoms with Crippen LogP contribution in [0.5, 0.6) is 5.75 Å². The van der Waals surface area contributed by atoms with Crippen molar-refractivity contribution in [1.82, 2.24) is 0 Å². The Balaban J connectivity index is 2.11. The molecule has 0 aliphatic carbocycles. The van der Waals surface area contributed by atoms with Crippen molar-refractivity contribution in [2.24, 2.45) is 0 Å². The number of hydrogen-bond acceptors (Lipinski definition) is 2. The molecule has 0 aliphatic heterocycles. The fourth-order valence-corrected chi connectivity index (χ4v) is 5.76. The zero-order valence-corrected chi connectivity index (χ0v) is 19.9. The number of methoxy groups -OCH3 is 1. The van der Waals surface area contributed by atoms with E-state index in [0.717, 1.165) is 47.0 Å². The van der Waals surface area contributed by atoms with Crippen molar-refractivity contribution in [3.05, 3.63) is 94.8 Å². The Labute approximate surface area is 187 Å². The summed E-state index contributed by atoms with van der Waals surface area (Å²) in [5, 5.41) is 0.611. The maximum Gasteiger partial charge on any atom is 0.188 e. The van der Waals surface area contributed by atoms with Crippen molar-refractivity contribution in [3.8, 4) is 5.75 Å². The van der Waals surface area contributed by atoms with E-state index in [-0.39, 0.29) is 17.8 Å². The molecule has 1 unspecified atom stereocenters. The van der Waals surface area contributed by atoms with Gasteiger partial charge in [-0.05, 0) is 42.5 Å². The van der Waals surface area contributed by atoms with Crippen molar-refractivity contribution in [1.29, 1.82) is 0 Å². The molecule has 2 nitrogen and oxygen atoms in total. The predicted octanol–water partition coefficient (Wildman–Crippen LogP) is 6.73. The lowest BCUT2D eigenvalue weighted by atomic mass is 9.89. The Morgan fingerprint density at radius 1 is 0.903 bits per heavy atom. The minimum atomic E-state index is -0.206. The SMILES string of the molecule is CCC(CC)(Pc1c(C)cccc1F)c1cccc(Cc2ccccc2)c1OCOC. The van der Waals surface area contributed by atoms with Gasteiger partial charge in [-0.15, -0.1) is 0 Å². The second kappa shape index (κ2) is 10.9. The average molecular weight is 439 g/mol. The number of rotatable bonds is 10. The number of halogens is 1. The number of para-hydroxylation sites is 1. The third-order valence-corrected chi connectivity index (χ3v) is 8.30. The first-order valence-corrected chi connectivity index (χ1v) is 11.9. The van der Waals surface area contributed by atoms with Crippen molar-refractivity contribution in [2.45, 2.75) is 45.2 Å². The van der Waals surface area contributed by atoms with Gasteiger partial charge in [0.25, 0.3) is 0 Å². The van der Waals surface area contributed by atoms with Crippen molar-refractivity contribution >= 4 is 13.9 Å². The molecule has 0 saturated heterocycles. The van der Waals surface area contributed by atoms with Gasteiger partial charge in [0.2, 0.25) is 0 Å². The highest BCUT2D eigenvalue weighted by molar-refractivity contribution is 7.48. The van der Waals surface area contributed by atoms with E-state index >= 15 is 0 Å². The normalized spacial score (nSPS) is 11.9. The number of aryl methyl sites for hydroxylation is 1. The maximum absolute atomic E-state index is 14.8. The summed E-state index contributed by atoms with van der Waals surface area (Å²) in [6, 6.07) is 22.1. The molecule has 3 aromatic carbocycles. The van der Waals surface area contributed by atoms with Gasteiger partial charge < -0.3 is 9.47 Å². The fourth-order valence-electron chi connectivity index (χ4n) is 4.11.